The van der Waals surface area contributed by atoms with Gasteiger partial charge in [0.15, 0.2) is 0 Å². The van der Waals surface area contributed by atoms with E-state index >= 15 is 0 Å². The van der Waals surface area contributed by atoms with Gasteiger partial charge in [-0.3, -0.25) is 0 Å². The molecule has 0 saturated carbocycles. The molecule has 0 bridgehead atoms. The topological polar surface area (TPSA) is 12.0 Å². The summed E-state index contributed by atoms with van der Waals surface area (Å²) in [7, 11) is 2.08. The number of aryl methyl sites for hydroxylation is 3. The summed E-state index contributed by atoms with van der Waals surface area (Å²) in [6, 6.07) is 11.9. The van der Waals surface area contributed by atoms with Crippen LogP contribution in [0.1, 0.15) is 40.5 Å². The van der Waals surface area contributed by atoms with E-state index in [0.717, 1.165) is 0 Å². The van der Waals surface area contributed by atoms with E-state index in [1.807, 2.05) is 11.3 Å². The monoisotopic (exact) mass is 271 g/mol. The molecule has 1 aliphatic rings. The molecule has 100 valence electrons. The van der Waals surface area contributed by atoms with Crippen molar-refractivity contribution in [2.75, 3.05) is 7.05 Å². The van der Waals surface area contributed by atoms with E-state index in [1.165, 1.54) is 42.5 Å². The van der Waals surface area contributed by atoms with Crippen molar-refractivity contribution in [1.29, 1.82) is 0 Å². The molecule has 1 aliphatic carbocycles. The fraction of sp³-hybridized carbons (Fsp3) is 0.412. The molecule has 0 radical (unpaired) electrons. The van der Waals surface area contributed by atoms with Crippen molar-refractivity contribution < 1.29 is 0 Å². The Morgan fingerprint density at radius 1 is 1.21 bits per heavy atom. The fourth-order valence-corrected chi connectivity index (χ4v) is 3.75. The second kappa shape index (κ2) is 5.89. The van der Waals surface area contributed by atoms with Crippen LogP contribution in [0.4, 0.5) is 0 Å². The molecule has 1 aromatic heterocycles. The summed E-state index contributed by atoms with van der Waals surface area (Å²) in [5.74, 6) is 0. The zero-order chi connectivity index (χ0) is 13.1. The predicted molar refractivity (Wildman–Crippen MR) is 82.9 cm³/mol. The molecular weight excluding hydrogens is 250 g/mol. The molecule has 1 N–H and O–H groups in total. The molecule has 19 heavy (non-hydrogen) atoms. The predicted octanol–water partition coefficient (Wildman–Crippen LogP) is 4.13. The average molecular weight is 271 g/mol. The molecule has 1 nitrogen and oxygen atoms in total. The lowest BCUT2D eigenvalue weighted by Crippen LogP contribution is -2.17. The highest BCUT2D eigenvalue weighted by Gasteiger charge is 2.15. The lowest BCUT2D eigenvalue weighted by Gasteiger charge is -2.17. The van der Waals surface area contributed by atoms with E-state index in [2.05, 4.69) is 48.1 Å². The minimum Gasteiger partial charge on any atom is -0.313 e. The molecular formula is C17H21NS. The van der Waals surface area contributed by atoms with Crippen LogP contribution in [0.15, 0.2) is 35.7 Å². The van der Waals surface area contributed by atoms with E-state index in [9.17, 15) is 0 Å². The first-order chi connectivity index (χ1) is 9.36. The largest absolute Gasteiger partial charge is 0.313 e. The van der Waals surface area contributed by atoms with Crippen LogP contribution in [0.25, 0.3) is 0 Å². The van der Waals surface area contributed by atoms with E-state index in [4.69, 9.17) is 0 Å². The Kier molecular flexibility index (Phi) is 4.00. The summed E-state index contributed by atoms with van der Waals surface area (Å²) in [4.78, 5) is 1.49. The van der Waals surface area contributed by atoms with Crippen molar-refractivity contribution in [1.82, 2.24) is 5.32 Å². The SMILES string of the molecule is CNC(CCc1cccs1)c1ccc2c(c1)CCC2. The Hall–Kier alpha value is -1.12. The maximum atomic E-state index is 3.48. The van der Waals surface area contributed by atoms with E-state index in [1.54, 1.807) is 11.1 Å². The van der Waals surface area contributed by atoms with Crippen LogP contribution < -0.4 is 5.32 Å². The lowest BCUT2D eigenvalue weighted by molar-refractivity contribution is 0.551. The maximum absolute atomic E-state index is 3.48. The molecule has 2 aromatic rings. The third-order valence-corrected chi connectivity index (χ3v) is 5.07. The average Bonchev–Trinajstić information content (AvgIpc) is 3.09. The Labute approximate surface area is 119 Å². The second-order valence-electron chi connectivity index (χ2n) is 5.34. The minimum atomic E-state index is 0.480. The van der Waals surface area contributed by atoms with Gasteiger partial charge in [-0.2, -0.15) is 0 Å². The smallest absolute Gasteiger partial charge is 0.0321 e. The summed E-state index contributed by atoms with van der Waals surface area (Å²) in [5.41, 5.74) is 4.60. The summed E-state index contributed by atoms with van der Waals surface area (Å²) in [6.07, 6.45) is 6.22. The van der Waals surface area contributed by atoms with Crippen LogP contribution in [0.5, 0.6) is 0 Å². The second-order valence-corrected chi connectivity index (χ2v) is 6.37. The van der Waals surface area contributed by atoms with Crippen molar-refractivity contribution in [3.05, 3.63) is 57.3 Å². The number of hydrogen-bond acceptors (Lipinski definition) is 2. The quantitative estimate of drug-likeness (QED) is 0.862. The summed E-state index contributed by atoms with van der Waals surface area (Å²) in [6.45, 7) is 0. The lowest BCUT2D eigenvalue weighted by atomic mass is 9.98. The Balaban J connectivity index is 1.71. The number of rotatable bonds is 5. The first-order valence-corrected chi connectivity index (χ1v) is 8.06. The third-order valence-electron chi connectivity index (χ3n) is 4.13. The molecule has 1 unspecified atom stereocenters. The Bertz CT molecular complexity index is 530. The van der Waals surface area contributed by atoms with Gasteiger partial charge < -0.3 is 5.32 Å². The van der Waals surface area contributed by atoms with Gasteiger partial charge in [0.25, 0.3) is 0 Å². The molecule has 0 aliphatic heterocycles. The number of benzene rings is 1. The number of hydrogen-bond donors (Lipinski definition) is 1. The standard InChI is InChI=1S/C17H21NS/c1-18-17(10-9-16-6-3-11-19-16)15-8-7-13-4-2-5-14(13)12-15/h3,6-8,11-12,17-18H,2,4-5,9-10H2,1H3. The molecule has 3 rings (SSSR count). The van der Waals surface area contributed by atoms with Gasteiger partial charge in [0.1, 0.15) is 0 Å². The number of nitrogens with one attached hydrogen (secondary N) is 1. The van der Waals surface area contributed by atoms with E-state index < -0.39 is 0 Å². The summed E-state index contributed by atoms with van der Waals surface area (Å²) >= 11 is 1.86. The van der Waals surface area contributed by atoms with Crippen molar-refractivity contribution in [2.24, 2.45) is 0 Å². The van der Waals surface area contributed by atoms with Gasteiger partial charge in [0.05, 0.1) is 0 Å². The van der Waals surface area contributed by atoms with Crippen molar-refractivity contribution in [3.63, 3.8) is 0 Å². The molecule has 0 amide bonds. The van der Waals surface area contributed by atoms with E-state index in [0.29, 0.717) is 6.04 Å². The first kappa shape index (κ1) is 12.9. The highest BCUT2D eigenvalue weighted by Crippen LogP contribution is 2.27. The van der Waals surface area contributed by atoms with Gasteiger partial charge in [-0.15, -0.1) is 11.3 Å². The first-order valence-electron chi connectivity index (χ1n) is 7.18. The molecule has 1 aromatic carbocycles. The normalized spacial score (nSPS) is 15.4. The van der Waals surface area contributed by atoms with Gasteiger partial charge in [-0.05, 0) is 67.3 Å². The molecule has 0 fully saturated rings. The van der Waals surface area contributed by atoms with Crippen LogP contribution in [-0.4, -0.2) is 7.05 Å². The van der Waals surface area contributed by atoms with Crippen molar-refractivity contribution in [3.8, 4) is 0 Å². The van der Waals surface area contributed by atoms with Gasteiger partial charge in [0.2, 0.25) is 0 Å². The minimum absolute atomic E-state index is 0.480. The molecule has 0 saturated heterocycles. The zero-order valence-electron chi connectivity index (χ0n) is 11.5. The van der Waals surface area contributed by atoms with Crippen LogP contribution in [0.2, 0.25) is 0 Å². The van der Waals surface area contributed by atoms with Gasteiger partial charge in [-0.25, -0.2) is 0 Å². The van der Waals surface area contributed by atoms with Gasteiger partial charge in [0, 0.05) is 10.9 Å². The van der Waals surface area contributed by atoms with Crippen LogP contribution in [0.3, 0.4) is 0 Å². The van der Waals surface area contributed by atoms with Crippen LogP contribution in [-0.2, 0) is 19.3 Å². The third kappa shape index (κ3) is 2.90. The highest BCUT2D eigenvalue weighted by atomic mass is 32.1. The van der Waals surface area contributed by atoms with Crippen LogP contribution >= 0.6 is 11.3 Å². The maximum Gasteiger partial charge on any atom is 0.0321 e. The van der Waals surface area contributed by atoms with Crippen LogP contribution in [0, 0.1) is 0 Å². The van der Waals surface area contributed by atoms with Gasteiger partial charge >= 0.3 is 0 Å². The molecule has 1 atom stereocenters. The molecule has 0 spiro atoms. The highest BCUT2D eigenvalue weighted by molar-refractivity contribution is 7.09. The van der Waals surface area contributed by atoms with Gasteiger partial charge in [-0.1, -0.05) is 24.3 Å². The number of fused-ring (bicyclic) bond motifs is 1. The molecule has 1 heterocycles. The Morgan fingerprint density at radius 2 is 2.11 bits per heavy atom. The summed E-state index contributed by atoms with van der Waals surface area (Å²) < 4.78 is 0. The fourth-order valence-electron chi connectivity index (χ4n) is 3.03. The van der Waals surface area contributed by atoms with E-state index in [-0.39, 0.29) is 0 Å². The van der Waals surface area contributed by atoms with Crippen molar-refractivity contribution >= 4 is 11.3 Å². The Morgan fingerprint density at radius 3 is 2.89 bits per heavy atom. The summed E-state index contributed by atoms with van der Waals surface area (Å²) in [5, 5.41) is 5.64. The molecule has 2 heteroatoms. The number of thiophene rings is 1. The van der Waals surface area contributed by atoms with Crippen molar-refractivity contribution in [2.45, 2.75) is 38.1 Å². The zero-order valence-corrected chi connectivity index (χ0v) is 12.3.